The molecule has 1 aliphatic rings. The molecule has 1 aliphatic heterocycles. The lowest BCUT2D eigenvalue weighted by molar-refractivity contribution is -0.909. The molecule has 1 heterocycles. The number of carbonyl (C=O) groups excluding carboxylic acids is 3. The fraction of sp³-hybridized carbons (Fsp3) is 0.438. The van der Waals surface area contributed by atoms with Crippen molar-refractivity contribution in [1.29, 1.82) is 0 Å². The van der Waals surface area contributed by atoms with Gasteiger partial charge in [0.25, 0.3) is 11.8 Å². The number of anilines is 1. The minimum Gasteiger partial charge on any atom is -0.469 e. The standard InChI is InChI=1S/C16H20ClN3O4/c1-10-3-4-12(11(17)7-10)19-14(21)9-20-6-5-18-16(23)13(20)8-15(22)24-2/h3-4,7,13H,5-6,8-9H2,1-2H3,(H,18,23)(H,19,21)/p+1/t13-/m1/s1. The fourth-order valence-corrected chi connectivity index (χ4v) is 2.93. The molecule has 2 rings (SSSR count). The Hall–Kier alpha value is -2.12. The molecule has 24 heavy (non-hydrogen) atoms. The quantitative estimate of drug-likeness (QED) is 0.624. The van der Waals surface area contributed by atoms with Crippen LogP contribution in [0.25, 0.3) is 0 Å². The van der Waals surface area contributed by atoms with E-state index in [4.69, 9.17) is 11.6 Å². The molecule has 2 atom stereocenters. The number of amides is 2. The van der Waals surface area contributed by atoms with Gasteiger partial charge in [-0.05, 0) is 24.6 Å². The van der Waals surface area contributed by atoms with Crippen molar-refractivity contribution in [3.63, 3.8) is 0 Å². The summed E-state index contributed by atoms with van der Waals surface area (Å²) in [7, 11) is 1.27. The number of piperazine rings is 1. The van der Waals surface area contributed by atoms with E-state index >= 15 is 0 Å². The molecule has 1 fully saturated rings. The number of quaternary nitrogens is 1. The van der Waals surface area contributed by atoms with Gasteiger partial charge in [0.2, 0.25) is 0 Å². The molecular weight excluding hydrogens is 334 g/mol. The van der Waals surface area contributed by atoms with Crippen molar-refractivity contribution in [2.75, 3.05) is 32.1 Å². The Labute approximate surface area is 145 Å². The molecule has 0 spiro atoms. The van der Waals surface area contributed by atoms with E-state index in [-0.39, 0.29) is 24.8 Å². The topological polar surface area (TPSA) is 88.9 Å². The summed E-state index contributed by atoms with van der Waals surface area (Å²) >= 11 is 6.11. The summed E-state index contributed by atoms with van der Waals surface area (Å²) in [6.07, 6.45) is -0.0593. The van der Waals surface area contributed by atoms with Crippen molar-refractivity contribution >= 4 is 35.1 Å². The number of methoxy groups -OCH3 is 1. The maximum atomic E-state index is 12.3. The van der Waals surface area contributed by atoms with Gasteiger partial charge >= 0.3 is 5.97 Å². The molecule has 3 N–H and O–H groups in total. The first kappa shape index (κ1) is 18.2. The first-order valence-corrected chi connectivity index (χ1v) is 8.03. The number of carbonyl (C=O) groups is 3. The number of rotatable bonds is 5. The SMILES string of the molecule is COC(=O)C[C@@H]1C(=O)NCC[NH+]1CC(=O)Nc1ccc(C)cc1Cl. The molecule has 1 aromatic rings. The predicted molar refractivity (Wildman–Crippen MR) is 88.9 cm³/mol. The Morgan fingerprint density at radius 3 is 2.88 bits per heavy atom. The number of benzene rings is 1. The zero-order chi connectivity index (χ0) is 17.7. The van der Waals surface area contributed by atoms with Crippen molar-refractivity contribution in [2.45, 2.75) is 19.4 Å². The van der Waals surface area contributed by atoms with Crippen molar-refractivity contribution in [1.82, 2.24) is 5.32 Å². The van der Waals surface area contributed by atoms with Crippen molar-refractivity contribution in [3.8, 4) is 0 Å². The summed E-state index contributed by atoms with van der Waals surface area (Å²) in [5.74, 6) is -0.986. The molecule has 0 aliphatic carbocycles. The third-order valence-electron chi connectivity index (χ3n) is 3.94. The fourth-order valence-electron chi connectivity index (χ4n) is 2.65. The molecule has 8 heteroatoms. The monoisotopic (exact) mass is 354 g/mol. The number of ether oxygens (including phenoxy) is 1. The van der Waals surface area contributed by atoms with Crippen LogP contribution in [0, 0.1) is 6.92 Å². The summed E-state index contributed by atoms with van der Waals surface area (Å²) in [6.45, 7) is 3.00. The van der Waals surface area contributed by atoms with Gasteiger partial charge in [0, 0.05) is 0 Å². The van der Waals surface area contributed by atoms with E-state index in [0.29, 0.717) is 23.8 Å². The highest BCUT2D eigenvalue weighted by atomic mass is 35.5. The summed E-state index contributed by atoms with van der Waals surface area (Å²) < 4.78 is 4.63. The minimum absolute atomic E-state index is 0.0593. The smallest absolute Gasteiger partial charge is 0.312 e. The summed E-state index contributed by atoms with van der Waals surface area (Å²) in [4.78, 5) is 36.5. The number of hydrogen-bond acceptors (Lipinski definition) is 4. The van der Waals surface area contributed by atoms with Gasteiger partial charge in [-0.15, -0.1) is 0 Å². The van der Waals surface area contributed by atoms with Gasteiger partial charge in [-0.25, -0.2) is 0 Å². The number of aryl methyl sites for hydroxylation is 1. The summed E-state index contributed by atoms with van der Waals surface area (Å²) in [5, 5.41) is 5.92. The van der Waals surface area contributed by atoms with E-state index in [1.54, 1.807) is 12.1 Å². The van der Waals surface area contributed by atoms with E-state index in [2.05, 4.69) is 15.4 Å². The van der Waals surface area contributed by atoms with E-state index < -0.39 is 12.0 Å². The maximum absolute atomic E-state index is 12.3. The average Bonchev–Trinajstić information content (AvgIpc) is 2.53. The molecule has 0 aromatic heterocycles. The largest absolute Gasteiger partial charge is 0.469 e. The highest BCUT2D eigenvalue weighted by Gasteiger charge is 2.36. The third kappa shape index (κ3) is 4.69. The lowest BCUT2D eigenvalue weighted by Gasteiger charge is -2.30. The molecule has 0 saturated carbocycles. The zero-order valence-corrected chi connectivity index (χ0v) is 14.4. The van der Waals surface area contributed by atoms with E-state index in [9.17, 15) is 14.4 Å². The highest BCUT2D eigenvalue weighted by molar-refractivity contribution is 6.33. The van der Waals surface area contributed by atoms with Crippen molar-refractivity contribution in [2.24, 2.45) is 0 Å². The molecule has 2 amide bonds. The highest BCUT2D eigenvalue weighted by Crippen LogP contribution is 2.22. The van der Waals surface area contributed by atoms with Gasteiger partial charge in [-0.2, -0.15) is 0 Å². The van der Waals surface area contributed by atoms with Gasteiger partial charge in [-0.3, -0.25) is 14.4 Å². The minimum atomic E-state index is -0.634. The number of esters is 1. The summed E-state index contributed by atoms with van der Waals surface area (Å²) in [5.41, 5.74) is 1.52. The van der Waals surface area contributed by atoms with Gasteiger partial charge in [-0.1, -0.05) is 17.7 Å². The molecule has 0 radical (unpaired) electrons. The van der Waals surface area contributed by atoms with E-state index in [1.165, 1.54) is 7.11 Å². The van der Waals surface area contributed by atoms with E-state index in [1.807, 2.05) is 13.0 Å². The van der Waals surface area contributed by atoms with Crippen LogP contribution in [0.1, 0.15) is 12.0 Å². The lowest BCUT2D eigenvalue weighted by atomic mass is 10.1. The lowest BCUT2D eigenvalue weighted by Crippen LogP contribution is -3.20. The summed E-state index contributed by atoms with van der Waals surface area (Å²) in [6, 6.07) is 4.71. The maximum Gasteiger partial charge on any atom is 0.312 e. The van der Waals surface area contributed by atoms with Crippen LogP contribution >= 0.6 is 11.6 Å². The van der Waals surface area contributed by atoms with Crippen LogP contribution in [0.4, 0.5) is 5.69 Å². The molecule has 1 unspecified atom stereocenters. The molecule has 7 nitrogen and oxygen atoms in total. The third-order valence-corrected chi connectivity index (χ3v) is 4.25. The Bertz CT molecular complexity index is 650. The number of hydrogen-bond donors (Lipinski definition) is 3. The second-order valence-electron chi connectivity index (χ2n) is 5.74. The Kier molecular flexibility index (Phi) is 6.16. The van der Waals surface area contributed by atoms with Gasteiger partial charge in [0.05, 0.1) is 30.9 Å². The molecular formula is C16H21ClN3O4+. The second kappa shape index (κ2) is 8.12. The Balaban J connectivity index is 2.02. The van der Waals surface area contributed by atoms with Crippen LogP contribution in [0.5, 0.6) is 0 Å². The predicted octanol–water partition coefficient (Wildman–Crippen LogP) is -0.467. The van der Waals surface area contributed by atoms with Crippen LogP contribution < -0.4 is 15.5 Å². The van der Waals surface area contributed by atoms with Crippen LogP contribution in [-0.2, 0) is 19.1 Å². The van der Waals surface area contributed by atoms with E-state index in [0.717, 1.165) is 10.5 Å². The Morgan fingerprint density at radius 1 is 1.46 bits per heavy atom. The van der Waals surface area contributed by atoms with Crippen LogP contribution in [0.3, 0.4) is 0 Å². The van der Waals surface area contributed by atoms with Crippen LogP contribution in [0.15, 0.2) is 18.2 Å². The van der Waals surface area contributed by atoms with Crippen LogP contribution in [-0.4, -0.2) is 50.6 Å². The molecule has 0 bridgehead atoms. The number of halogens is 1. The first-order chi connectivity index (χ1) is 11.4. The van der Waals surface area contributed by atoms with Crippen molar-refractivity contribution in [3.05, 3.63) is 28.8 Å². The van der Waals surface area contributed by atoms with Crippen LogP contribution in [0.2, 0.25) is 5.02 Å². The number of nitrogens with one attached hydrogen (secondary N) is 3. The second-order valence-corrected chi connectivity index (χ2v) is 6.15. The molecule has 1 saturated heterocycles. The zero-order valence-electron chi connectivity index (χ0n) is 13.6. The van der Waals surface area contributed by atoms with Gasteiger partial charge < -0.3 is 20.3 Å². The first-order valence-electron chi connectivity index (χ1n) is 7.66. The van der Waals surface area contributed by atoms with Crippen molar-refractivity contribution < 1.29 is 24.0 Å². The average molecular weight is 355 g/mol. The van der Waals surface area contributed by atoms with Gasteiger partial charge in [0.15, 0.2) is 12.6 Å². The molecule has 1 aromatic carbocycles. The van der Waals surface area contributed by atoms with Gasteiger partial charge in [0.1, 0.15) is 6.42 Å². The molecule has 130 valence electrons. The Morgan fingerprint density at radius 2 is 2.21 bits per heavy atom. The normalized spacial score (nSPS) is 20.2.